The number of esters is 1. The number of allylic oxidation sites excluding steroid dienone is 3. The van der Waals surface area contributed by atoms with E-state index in [0.29, 0.717) is 30.1 Å². The van der Waals surface area contributed by atoms with Gasteiger partial charge in [0.1, 0.15) is 11.8 Å². The van der Waals surface area contributed by atoms with Crippen LogP contribution in [0.3, 0.4) is 0 Å². The minimum absolute atomic E-state index is 0.00313. The molecule has 2 saturated heterocycles. The summed E-state index contributed by atoms with van der Waals surface area (Å²) in [5.74, 6) is -1.01. The molecule has 15 N–H and O–H groups in total. The van der Waals surface area contributed by atoms with Crippen LogP contribution in [0.15, 0.2) is 70.6 Å². The standard InChI is InChI=1S/C68H91N5O13S2/c1-32-7-8-34-20-35-12-16-43-42(46-29-86-63(83)53(46)38-17-18-71-26-38)6-4-5-37-24-68(85)57-55(36-9-13-40(27-72-64(69)70)67(68,23-36)61(37)66(3,84)51(78)22-45(62(81)82)52(35)54(43)44(34)19-32)65(2)25-50(77)59(79)47-31-88-87-30-39(33-10-14-41(75)15-11-33)21-49(76)48(28-74)73-58(57)60(80)56(47)65/h10-11,14-15,17-18,20,26,32,35-37,39-40,42-48,50-56,59,61-62,71,73-75,77-79,81-82,84-85H,5,7-9,12-13,16,19,21-25,27-31H2,1-3H3,(H4,69,70,72). The van der Waals surface area contributed by atoms with Gasteiger partial charge < -0.3 is 72.5 Å². The van der Waals surface area contributed by atoms with Gasteiger partial charge in [-0.25, -0.2) is 0 Å². The van der Waals surface area contributed by atoms with Crippen molar-refractivity contribution < 1.29 is 65.1 Å². The molecule has 3 heterocycles. The van der Waals surface area contributed by atoms with Crippen molar-refractivity contribution in [3.8, 4) is 17.6 Å². The van der Waals surface area contributed by atoms with Crippen molar-refractivity contribution in [2.45, 2.75) is 158 Å². The Hall–Kier alpha value is -4.40. The van der Waals surface area contributed by atoms with Crippen molar-refractivity contribution in [3.05, 3.63) is 76.8 Å². The van der Waals surface area contributed by atoms with Crippen LogP contribution in [0.25, 0.3) is 0 Å². The number of nitrogens with two attached hydrogens (primary N) is 2. The van der Waals surface area contributed by atoms with Crippen LogP contribution in [0.2, 0.25) is 0 Å². The monoisotopic (exact) mass is 1250 g/mol. The van der Waals surface area contributed by atoms with Crippen LogP contribution in [-0.2, 0) is 19.1 Å². The summed E-state index contributed by atoms with van der Waals surface area (Å²) in [7, 11) is 2.96. The van der Waals surface area contributed by atoms with E-state index in [1.807, 2.05) is 19.2 Å². The SMILES string of the molecule is CC1CCC2=CC3CCC4C(C5COC(=O)C5c5cc[nH]c5)C#CCC5CC6(O)C7=C8NC(CO)C(=O)CC(c9ccc(O)cc9)CSSCC9C(O)C(O)CC(C)(C7C7CCC(CN=C(N)N)C6(C7)C5C(C)(O)C(O)CC(C(O)O)C3C4C2C1)C9C8=O. The highest BCUT2D eigenvalue weighted by molar-refractivity contribution is 8.76. The van der Waals surface area contributed by atoms with Gasteiger partial charge in [-0.05, 0) is 177 Å². The maximum absolute atomic E-state index is 16.5. The maximum Gasteiger partial charge on any atom is 0.313 e. The van der Waals surface area contributed by atoms with E-state index in [9.17, 15) is 45.6 Å². The molecule has 26 atom stereocenters. The fourth-order valence-electron chi connectivity index (χ4n) is 21.9. The Morgan fingerprint density at radius 2 is 1.66 bits per heavy atom. The summed E-state index contributed by atoms with van der Waals surface area (Å²) >= 11 is 0. The Bertz CT molecular complexity index is 3160. The molecule has 0 radical (unpaired) electrons. The van der Waals surface area contributed by atoms with Gasteiger partial charge in [-0.1, -0.05) is 65.1 Å². The first kappa shape index (κ1) is 62.4. The molecule has 8 fully saturated rings. The number of aromatic hydroxyl groups is 1. The highest BCUT2D eigenvalue weighted by atomic mass is 33.1. The predicted molar refractivity (Wildman–Crippen MR) is 332 cm³/mol. The van der Waals surface area contributed by atoms with Gasteiger partial charge in [-0.15, -0.1) is 5.92 Å². The maximum atomic E-state index is 16.5. The van der Waals surface area contributed by atoms with Gasteiger partial charge in [0.25, 0.3) is 0 Å². The van der Waals surface area contributed by atoms with Crippen LogP contribution < -0.4 is 16.8 Å². The van der Waals surface area contributed by atoms with Gasteiger partial charge in [0.15, 0.2) is 23.8 Å². The molecule has 1 aromatic heterocycles. The number of phenols is 1. The number of hydrogen-bond donors (Lipinski definition) is 13. The number of aliphatic hydroxyl groups excluding tert-OH is 5. The third-order valence-corrected chi connectivity index (χ3v) is 27.8. The molecule has 11 aliphatic rings. The van der Waals surface area contributed by atoms with E-state index in [2.05, 4.69) is 40.1 Å². The van der Waals surface area contributed by atoms with E-state index in [-0.39, 0.29) is 128 Å². The molecule has 20 heteroatoms. The number of nitrogens with one attached hydrogen (secondary N) is 2. The molecule has 18 nitrogen and oxygen atoms in total. The summed E-state index contributed by atoms with van der Waals surface area (Å²) in [6, 6.07) is 7.20. The number of carbonyl (C=O) groups excluding carboxylic acids is 3. The Labute approximate surface area is 523 Å². The number of ether oxygens (including phenoxy) is 1. The van der Waals surface area contributed by atoms with E-state index >= 15 is 14.7 Å². The first-order valence-corrected chi connectivity index (χ1v) is 35.1. The molecular formula is C68H91N5O13S2. The number of aromatic amines is 1. The number of Topliss-reactive ketones (excluding diaryl/α,β-unsaturated/α-hetero) is 2. The number of rotatable bonds is 7. The number of aliphatic imine (C=N–C) groups is 1. The van der Waals surface area contributed by atoms with E-state index in [1.165, 1.54) is 27.2 Å². The number of nitrogens with zero attached hydrogens (tertiary/aromatic N) is 1. The van der Waals surface area contributed by atoms with Crippen molar-refractivity contribution in [1.29, 1.82) is 0 Å². The lowest BCUT2D eigenvalue weighted by atomic mass is 9.37. The van der Waals surface area contributed by atoms with E-state index in [4.69, 9.17) is 16.2 Å². The summed E-state index contributed by atoms with van der Waals surface area (Å²) in [6.07, 6.45) is 5.36. The number of aliphatic hydroxyl groups is 8. The Morgan fingerprint density at radius 3 is 2.39 bits per heavy atom. The van der Waals surface area contributed by atoms with Crippen LogP contribution in [0.4, 0.5) is 0 Å². The number of phenolic OH excluding ortho intramolecular Hbond substituents is 1. The van der Waals surface area contributed by atoms with Gasteiger partial charge in [-0.2, -0.15) is 0 Å². The summed E-state index contributed by atoms with van der Waals surface area (Å²) in [6.45, 7) is 5.31. The van der Waals surface area contributed by atoms with Gasteiger partial charge >= 0.3 is 5.97 Å². The Morgan fingerprint density at radius 1 is 0.886 bits per heavy atom. The Balaban J connectivity index is 1.02. The molecule has 2 aromatic rings. The molecule has 8 bridgehead atoms. The first-order chi connectivity index (χ1) is 42.0. The van der Waals surface area contributed by atoms with Crippen LogP contribution in [-0.4, -0.2) is 148 Å². The van der Waals surface area contributed by atoms with Gasteiger partial charge in [0.2, 0.25) is 0 Å². The van der Waals surface area contributed by atoms with Crippen molar-refractivity contribution in [3.63, 3.8) is 0 Å². The van der Waals surface area contributed by atoms with Crippen LogP contribution in [0, 0.1) is 117 Å². The molecule has 2 aliphatic heterocycles. The Kier molecular flexibility index (Phi) is 16.8. The average molecular weight is 1250 g/mol. The fraction of sp³-hybridized carbons (Fsp3) is 0.706. The molecule has 1 spiro atoms. The van der Waals surface area contributed by atoms with Gasteiger partial charge in [0, 0.05) is 90.1 Å². The highest BCUT2D eigenvalue weighted by Gasteiger charge is 2.79. The second-order valence-corrected chi connectivity index (χ2v) is 32.2. The molecule has 9 aliphatic carbocycles. The number of carbonyl (C=O) groups is 3. The highest BCUT2D eigenvalue weighted by Crippen LogP contribution is 2.77. The zero-order chi connectivity index (χ0) is 62.1. The summed E-state index contributed by atoms with van der Waals surface area (Å²) in [4.78, 5) is 53.4. The number of H-pyrrole nitrogens is 1. The molecular weight excluding hydrogens is 1160 g/mol. The van der Waals surface area contributed by atoms with Crippen molar-refractivity contribution in [2.24, 2.45) is 122 Å². The summed E-state index contributed by atoms with van der Waals surface area (Å²) < 4.78 is 6.05. The van der Waals surface area contributed by atoms with Crippen molar-refractivity contribution >= 4 is 45.1 Å². The van der Waals surface area contributed by atoms with E-state index < -0.39 is 124 Å². The lowest BCUT2D eigenvalue weighted by Gasteiger charge is -2.69. The number of fused-ring (bicyclic) bond motifs is 8. The molecule has 478 valence electrons. The third kappa shape index (κ3) is 9.97. The van der Waals surface area contributed by atoms with Crippen molar-refractivity contribution in [2.75, 3.05) is 31.3 Å². The number of cyclic esters (lactones) is 1. The second kappa shape index (κ2) is 23.6. The number of ketones is 2. The quantitative estimate of drug-likeness (QED) is 0.0329. The molecule has 0 amide bonds. The minimum atomic E-state index is -2.11. The molecule has 26 unspecified atom stereocenters. The van der Waals surface area contributed by atoms with E-state index in [0.717, 1.165) is 43.2 Å². The predicted octanol–water partition coefficient (Wildman–Crippen LogP) is 5.03. The largest absolute Gasteiger partial charge is 0.508 e. The van der Waals surface area contributed by atoms with E-state index in [1.54, 1.807) is 37.4 Å². The number of hydrogen-bond acceptors (Lipinski definition) is 17. The normalized spacial score (nSPS) is 46.5. The summed E-state index contributed by atoms with van der Waals surface area (Å²) in [5.41, 5.74) is 8.95. The minimum Gasteiger partial charge on any atom is -0.508 e. The number of guanidine groups is 1. The third-order valence-electron chi connectivity index (χ3n) is 25.3. The summed E-state index contributed by atoms with van der Waals surface area (Å²) in [5, 5.41) is 116. The average Bonchev–Trinajstić information content (AvgIpc) is 1.31. The molecule has 1 aromatic carbocycles. The van der Waals surface area contributed by atoms with Gasteiger partial charge in [0.05, 0.1) is 54.3 Å². The lowest BCUT2D eigenvalue weighted by molar-refractivity contribution is -0.233. The zero-order valence-electron chi connectivity index (χ0n) is 50.7. The number of benzene rings is 1. The van der Waals surface area contributed by atoms with Crippen molar-refractivity contribution in [1.82, 2.24) is 10.3 Å². The molecule has 13 rings (SSSR count). The lowest BCUT2D eigenvalue weighted by Crippen LogP contribution is -2.71. The van der Waals surface area contributed by atoms with Crippen LogP contribution >= 0.6 is 21.6 Å². The van der Waals surface area contributed by atoms with Crippen LogP contribution in [0.1, 0.15) is 127 Å². The number of aromatic nitrogens is 1. The fourth-order valence-corrected chi connectivity index (χ4v) is 24.7. The first-order valence-electron chi connectivity index (χ1n) is 32.6. The second-order valence-electron chi connectivity index (χ2n) is 29.6. The zero-order valence-corrected chi connectivity index (χ0v) is 52.3. The topological polar surface area (TPSA) is 335 Å². The molecule has 6 saturated carbocycles. The molecule has 88 heavy (non-hydrogen) atoms. The smallest absolute Gasteiger partial charge is 0.313 e. The van der Waals surface area contributed by atoms with Crippen LogP contribution in [0.5, 0.6) is 5.75 Å². The van der Waals surface area contributed by atoms with Gasteiger partial charge in [-0.3, -0.25) is 19.4 Å².